The van der Waals surface area contributed by atoms with Crippen LogP contribution >= 0.6 is 0 Å². The Morgan fingerprint density at radius 2 is 1.75 bits per heavy atom. The van der Waals surface area contributed by atoms with Gasteiger partial charge in [0.25, 0.3) is 0 Å². The Balaban J connectivity index is 1.68. The van der Waals surface area contributed by atoms with E-state index in [4.69, 9.17) is 0 Å². The summed E-state index contributed by atoms with van der Waals surface area (Å²) in [7, 11) is 0. The molecule has 3 rings (SSSR count). The highest BCUT2D eigenvalue weighted by molar-refractivity contribution is 5.53. The van der Waals surface area contributed by atoms with Crippen LogP contribution in [0.2, 0.25) is 0 Å². The van der Waals surface area contributed by atoms with E-state index in [1.807, 2.05) is 0 Å². The number of likely N-dealkylation sites (tertiary alicyclic amines) is 1. The second kappa shape index (κ2) is 7.21. The predicted molar refractivity (Wildman–Crippen MR) is 95.2 cm³/mol. The van der Waals surface area contributed by atoms with E-state index in [2.05, 4.69) is 50.9 Å². The van der Waals surface area contributed by atoms with Gasteiger partial charge in [0.1, 0.15) is 5.82 Å². The van der Waals surface area contributed by atoms with Gasteiger partial charge in [-0.3, -0.25) is 9.97 Å². The molecule has 6 nitrogen and oxygen atoms in total. The molecule has 1 aliphatic heterocycles. The Labute approximate surface area is 143 Å². The first kappa shape index (κ1) is 16.8. The molecule has 128 valence electrons. The highest BCUT2D eigenvalue weighted by Gasteiger charge is 2.26. The average molecular weight is 326 g/mol. The van der Waals surface area contributed by atoms with E-state index in [-0.39, 0.29) is 0 Å². The molecule has 2 aromatic rings. The third kappa shape index (κ3) is 4.47. The van der Waals surface area contributed by atoms with Crippen molar-refractivity contribution in [1.29, 1.82) is 0 Å². The number of aromatic nitrogens is 4. The fourth-order valence-corrected chi connectivity index (χ4v) is 3.26. The number of piperidine rings is 1. The van der Waals surface area contributed by atoms with Crippen LogP contribution in [0.4, 0.5) is 11.6 Å². The third-order valence-corrected chi connectivity index (χ3v) is 4.21. The fourth-order valence-electron chi connectivity index (χ4n) is 3.26. The van der Waals surface area contributed by atoms with Crippen LogP contribution in [0.3, 0.4) is 0 Å². The Hall–Kier alpha value is -2.08. The lowest BCUT2D eigenvalue weighted by atomic mass is 9.90. The van der Waals surface area contributed by atoms with E-state index in [0.29, 0.717) is 17.2 Å². The quantitative estimate of drug-likeness (QED) is 0.930. The number of nitrogens with one attached hydrogen (secondary N) is 1. The molecule has 2 aromatic heterocycles. The molecule has 1 saturated heterocycles. The molecule has 0 aliphatic carbocycles. The number of hydrogen-bond acceptors (Lipinski definition) is 6. The van der Waals surface area contributed by atoms with Gasteiger partial charge in [-0.25, -0.2) is 9.97 Å². The largest absolute Gasteiger partial charge is 0.322 e. The van der Waals surface area contributed by atoms with Gasteiger partial charge in [-0.1, -0.05) is 20.8 Å². The Morgan fingerprint density at radius 1 is 1.04 bits per heavy atom. The first-order valence-electron chi connectivity index (χ1n) is 8.57. The minimum atomic E-state index is 0.345. The molecule has 3 heterocycles. The third-order valence-electron chi connectivity index (χ3n) is 4.21. The highest BCUT2D eigenvalue weighted by Crippen LogP contribution is 2.32. The molecule has 0 unspecified atom stereocenters. The second-order valence-corrected chi connectivity index (χ2v) is 7.62. The lowest BCUT2D eigenvalue weighted by Gasteiger charge is -2.36. The summed E-state index contributed by atoms with van der Waals surface area (Å²) in [5.74, 6) is 1.94. The van der Waals surface area contributed by atoms with Crippen LogP contribution in [0.15, 0.2) is 31.0 Å². The molecule has 6 heteroatoms. The standard InChI is InChI=1S/C18H26N6/c1-18(2,3)13-24-10-4-14(5-11-24)16-17(22-9-8-21-16)23-15-12-19-6-7-20-15/h6-9,12,14H,4-5,10-11,13H2,1-3H3,(H,20,22,23). The lowest BCUT2D eigenvalue weighted by Crippen LogP contribution is -2.38. The minimum absolute atomic E-state index is 0.345. The minimum Gasteiger partial charge on any atom is -0.322 e. The summed E-state index contributed by atoms with van der Waals surface area (Å²) in [5, 5.41) is 3.26. The molecule has 24 heavy (non-hydrogen) atoms. The molecule has 0 radical (unpaired) electrons. The van der Waals surface area contributed by atoms with Crippen molar-refractivity contribution >= 4 is 11.6 Å². The van der Waals surface area contributed by atoms with Crippen LogP contribution in [0.1, 0.15) is 45.2 Å². The van der Waals surface area contributed by atoms with E-state index in [0.717, 1.165) is 44.0 Å². The lowest BCUT2D eigenvalue weighted by molar-refractivity contribution is 0.153. The van der Waals surface area contributed by atoms with Crippen LogP contribution in [0, 0.1) is 5.41 Å². The fraction of sp³-hybridized carbons (Fsp3) is 0.556. The molecular weight excluding hydrogens is 300 g/mol. The number of anilines is 2. The first-order chi connectivity index (χ1) is 11.5. The Kier molecular flexibility index (Phi) is 5.04. The Morgan fingerprint density at radius 3 is 2.42 bits per heavy atom. The van der Waals surface area contributed by atoms with Crippen molar-refractivity contribution in [2.75, 3.05) is 25.0 Å². The van der Waals surface area contributed by atoms with Crippen molar-refractivity contribution in [3.8, 4) is 0 Å². The van der Waals surface area contributed by atoms with E-state index in [1.54, 1.807) is 31.0 Å². The zero-order chi connectivity index (χ0) is 17.0. The maximum Gasteiger partial charge on any atom is 0.153 e. The SMILES string of the molecule is CC(C)(C)CN1CCC(c2nccnc2Nc2cnccn2)CC1. The van der Waals surface area contributed by atoms with Gasteiger partial charge >= 0.3 is 0 Å². The average Bonchev–Trinajstić information content (AvgIpc) is 2.56. The van der Waals surface area contributed by atoms with Gasteiger partial charge in [-0.2, -0.15) is 0 Å². The van der Waals surface area contributed by atoms with Crippen molar-refractivity contribution in [1.82, 2.24) is 24.8 Å². The molecule has 0 bridgehead atoms. The normalized spacial score (nSPS) is 17.0. The molecule has 0 aromatic carbocycles. The smallest absolute Gasteiger partial charge is 0.153 e. The summed E-state index contributed by atoms with van der Waals surface area (Å²) >= 11 is 0. The monoisotopic (exact) mass is 326 g/mol. The summed E-state index contributed by atoms with van der Waals surface area (Å²) in [6.45, 7) is 10.3. The zero-order valence-electron chi connectivity index (χ0n) is 14.7. The maximum absolute atomic E-state index is 4.61. The number of nitrogens with zero attached hydrogens (tertiary/aromatic N) is 5. The van der Waals surface area contributed by atoms with Gasteiger partial charge in [0.05, 0.1) is 11.9 Å². The molecule has 0 saturated carbocycles. The zero-order valence-corrected chi connectivity index (χ0v) is 14.7. The summed E-state index contributed by atoms with van der Waals surface area (Å²) in [6.07, 6.45) is 10.8. The molecule has 0 amide bonds. The molecule has 1 N–H and O–H groups in total. The first-order valence-corrected chi connectivity index (χ1v) is 8.57. The van der Waals surface area contributed by atoms with E-state index in [1.165, 1.54) is 0 Å². The maximum atomic E-state index is 4.61. The van der Waals surface area contributed by atoms with Crippen molar-refractivity contribution in [2.45, 2.75) is 39.5 Å². The second-order valence-electron chi connectivity index (χ2n) is 7.62. The van der Waals surface area contributed by atoms with Crippen molar-refractivity contribution in [3.05, 3.63) is 36.7 Å². The van der Waals surface area contributed by atoms with Crippen LogP contribution in [0.5, 0.6) is 0 Å². The number of hydrogen-bond donors (Lipinski definition) is 1. The number of rotatable bonds is 4. The molecule has 0 spiro atoms. The van der Waals surface area contributed by atoms with Crippen molar-refractivity contribution in [3.63, 3.8) is 0 Å². The predicted octanol–water partition coefficient (Wildman–Crippen LogP) is 3.24. The topological polar surface area (TPSA) is 66.8 Å². The van der Waals surface area contributed by atoms with Gasteiger partial charge in [0.15, 0.2) is 5.82 Å². The van der Waals surface area contributed by atoms with Gasteiger partial charge in [-0.05, 0) is 31.3 Å². The summed E-state index contributed by atoms with van der Waals surface area (Å²) in [5.41, 5.74) is 1.39. The van der Waals surface area contributed by atoms with Crippen LogP contribution in [-0.2, 0) is 0 Å². The van der Waals surface area contributed by atoms with Crippen LogP contribution in [-0.4, -0.2) is 44.5 Å². The van der Waals surface area contributed by atoms with E-state index >= 15 is 0 Å². The van der Waals surface area contributed by atoms with Gasteiger partial charge in [0, 0.05) is 37.3 Å². The highest BCUT2D eigenvalue weighted by atomic mass is 15.1. The van der Waals surface area contributed by atoms with Crippen LogP contribution in [0.25, 0.3) is 0 Å². The van der Waals surface area contributed by atoms with E-state index < -0.39 is 0 Å². The Bertz CT molecular complexity index is 644. The van der Waals surface area contributed by atoms with Crippen LogP contribution < -0.4 is 5.32 Å². The van der Waals surface area contributed by atoms with E-state index in [9.17, 15) is 0 Å². The summed E-state index contributed by atoms with van der Waals surface area (Å²) < 4.78 is 0. The molecule has 0 atom stereocenters. The summed E-state index contributed by atoms with van der Waals surface area (Å²) in [4.78, 5) is 20.0. The van der Waals surface area contributed by atoms with Crippen molar-refractivity contribution < 1.29 is 0 Å². The molecule has 1 fully saturated rings. The van der Waals surface area contributed by atoms with Gasteiger partial charge in [0.2, 0.25) is 0 Å². The van der Waals surface area contributed by atoms with Crippen molar-refractivity contribution in [2.24, 2.45) is 5.41 Å². The molecule has 1 aliphatic rings. The molecular formula is C18H26N6. The van der Waals surface area contributed by atoms with Gasteiger partial charge < -0.3 is 10.2 Å². The van der Waals surface area contributed by atoms with Gasteiger partial charge in [-0.15, -0.1) is 0 Å². The summed E-state index contributed by atoms with van der Waals surface area (Å²) in [6, 6.07) is 0.